The molecule has 1 N–H and O–H groups in total. The molecule has 1 atom stereocenters. The lowest BCUT2D eigenvalue weighted by Gasteiger charge is -2.31. The first kappa shape index (κ1) is 23.9. The number of rotatable bonds is 8. The fourth-order valence-corrected chi connectivity index (χ4v) is 5.12. The summed E-state index contributed by atoms with van der Waals surface area (Å²) in [6.45, 7) is -0.427. The molecule has 2 amide bonds. The van der Waals surface area contributed by atoms with E-state index in [1.807, 2.05) is 60.9 Å². The van der Waals surface area contributed by atoms with Crippen LogP contribution in [0.1, 0.15) is 16.8 Å². The fourth-order valence-electron chi connectivity index (χ4n) is 3.59. The molecule has 0 radical (unpaired) electrons. The number of nitrogens with zero attached hydrogens (tertiary/aromatic N) is 1. The number of hydrogen-bond donors (Lipinski definition) is 1. The molecule has 1 aliphatic rings. The topological polar surface area (TPSA) is 75.7 Å². The molecule has 0 unspecified atom stereocenters. The van der Waals surface area contributed by atoms with Gasteiger partial charge in [-0.1, -0.05) is 54.2 Å². The summed E-state index contributed by atoms with van der Waals surface area (Å²) in [6.07, 6.45) is 2.33. The van der Waals surface area contributed by atoms with Crippen LogP contribution in [-0.2, 0) is 14.3 Å². The molecular weight excluding hydrogens is 468 g/mol. The molecule has 3 aromatic carbocycles. The maximum absolute atomic E-state index is 13.3. The molecular formula is C26H24N2O4S2. The van der Waals surface area contributed by atoms with Crippen LogP contribution in [0.3, 0.4) is 0 Å². The Hall–Kier alpha value is -3.23. The third kappa shape index (κ3) is 5.46. The largest absolute Gasteiger partial charge is 0.454 e. The van der Waals surface area contributed by atoms with Crippen molar-refractivity contribution in [2.24, 2.45) is 0 Å². The summed E-state index contributed by atoms with van der Waals surface area (Å²) < 4.78 is 5.42. The number of hydrogen-bond acceptors (Lipinski definition) is 6. The van der Waals surface area contributed by atoms with Gasteiger partial charge in [-0.25, -0.2) is 4.79 Å². The SMILES string of the molecule is CSCC[C@@H](NC(=O)c1ccccc1)C(=O)OCC(=O)N1c2ccccc2Sc2ccccc21. The summed E-state index contributed by atoms with van der Waals surface area (Å²) in [4.78, 5) is 42.2. The molecule has 174 valence electrons. The molecule has 0 fully saturated rings. The van der Waals surface area contributed by atoms with Crippen molar-refractivity contribution < 1.29 is 19.1 Å². The van der Waals surface area contributed by atoms with Gasteiger partial charge in [0.1, 0.15) is 6.04 Å². The molecule has 0 saturated carbocycles. The first-order valence-electron chi connectivity index (χ1n) is 10.8. The van der Waals surface area contributed by atoms with E-state index >= 15 is 0 Å². The molecule has 0 saturated heterocycles. The van der Waals surface area contributed by atoms with Crippen LogP contribution >= 0.6 is 23.5 Å². The third-order valence-corrected chi connectivity index (χ3v) is 7.03. The zero-order valence-electron chi connectivity index (χ0n) is 18.6. The Labute approximate surface area is 207 Å². The minimum atomic E-state index is -0.843. The lowest BCUT2D eigenvalue weighted by molar-refractivity contribution is -0.149. The number of para-hydroxylation sites is 2. The molecule has 0 aliphatic carbocycles. The van der Waals surface area contributed by atoms with Crippen molar-refractivity contribution in [2.75, 3.05) is 23.5 Å². The van der Waals surface area contributed by atoms with E-state index in [2.05, 4.69) is 5.32 Å². The number of esters is 1. The van der Waals surface area contributed by atoms with Crippen molar-refractivity contribution in [1.29, 1.82) is 0 Å². The monoisotopic (exact) mass is 492 g/mol. The molecule has 34 heavy (non-hydrogen) atoms. The maximum atomic E-state index is 13.3. The second-order valence-electron chi connectivity index (χ2n) is 7.55. The number of thioether (sulfide) groups is 1. The van der Waals surface area contributed by atoms with Crippen molar-refractivity contribution in [3.8, 4) is 0 Å². The van der Waals surface area contributed by atoms with Crippen LogP contribution < -0.4 is 10.2 Å². The van der Waals surface area contributed by atoms with Gasteiger partial charge in [0.25, 0.3) is 11.8 Å². The zero-order valence-corrected chi connectivity index (χ0v) is 20.2. The van der Waals surface area contributed by atoms with E-state index in [0.717, 1.165) is 21.2 Å². The number of fused-ring (bicyclic) bond motifs is 2. The molecule has 4 rings (SSSR count). The van der Waals surface area contributed by atoms with Gasteiger partial charge in [0.2, 0.25) is 0 Å². The first-order valence-corrected chi connectivity index (χ1v) is 13.0. The molecule has 0 aromatic heterocycles. The number of amides is 2. The quantitative estimate of drug-likeness (QED) is 0.451. The third-order valence-electron chi connectivity index (χ3n) is 5.26. The van der Waals surface area contributed by atoms with Crippen molar-refractivity contribution in [2.45, 2.75) is 22.3 Å². The number of ether oxygens (including phenoxy) is 1. The van der Waals surface area contributed by atoms with Gasteiger partial charge in [0.05, 0.1) is 11.4 Å². The van der Waals surface area contributed by atoms with Crippen LogP contribution in [0.4, 0.5) is 11.4 Å². The molecule has 1 aliphatic heterocycles. The number of benzene rings is 3. The normalized spacial score (nSPS) is 12.8. The van der Waals surface area contributed by atoms with E-state index in [1.165, 1.54) is 0 Å². The van der Waals surface area contributed by atoms with Gasteiger partial charge in [-0.3, -0.25) is 14.5 Å². The Kier molecular flexibility index (Phi) is 7.92. The molecule has 8 heteroatoms. The van der Waals surface area contributed by atoms with Crippen LogP contribution in [0.25, 0.3) is 0 Å². The smallest absolute Gasteiger partial charge is 0.329 e. The number of anilines is 2. The Morgan fingerprint density at radius 1 is 0.912 bits per heavy atom. The summed E-state index contributed by atoms with van der Waals surface area (Å²) in [5, 5.41) is 2.75. The standard InChI is InChI=1S/C26H24N2O4S2/c1-33-16-15-19(27-25(30)18-9-3-2-4-10-18)26(31)32-17-24(29)28-20-11-5-7-13-22(20)34-23-14-8-6-12-21(23)28/h2-14,19H,15-17H2,1H3,(H,27,30)/t19-/m1/s1. The number of carbonyl (C=O) groups is 3. The van der Waals surface area contributed by atoms with Crippen LogP contribution in [-0.4, -0.2) is 42.4 Å². The van der Waals surface area contributed by atoms with Gasteiger partial charge >= 0.3 is 5.97 Å². The van der Waals surface area contributed by atoms with Gasteiger partial charge in [0.15, 0.2) is 6.61 Å². The average Bonchev–Trinajstić information content (AvgIpc) is 2.88. The highest BCUT2D eigenvalue weighted by Crippen LogP contribution is 2.47. The first-order chi connectivity index (χ1) is 16.6. The summed E-state index contributed by atoms with van der Waals surface area (Å²) >= 11 is 3.16. The van der Waals surface area contributed by atoms with E-state index in [1.54, 1.807) is 52.7 Å². The number of nitrogens with one attached hydrogen (secondary N) is 1. The van der Waals surface area contributed by atoms with E-state index < -0.39 is 18.6 Å². The van der Waals surface area contributed by atoms with Crippen molar-refractivity contribution in [3.05, 3.63) is 84.4 Å². The highest BCUT2D eigenvalue weighted by atomic mass is 32.2. The van der Waals surface area contributed by atoms with E-state index in [-0.39, 0.29) is 11.8 Å². The minimum absolute atomic E-state index is 0.355. The van der Waals surface area contributed by atoms with E-state index in [9.17, 15) is 14.4 Å². The van der Waals surface area contributed by atoms with Crippen molar-refractivity contribution in [1.82, 2.24) is 5.32 Å². The zero-order chi connectivity index (χ0) is 23.9. The van der Waals surface area contributed by atoms with Gasteiger partial charge in [-0.2, -0.15) is 11.8 Å². The lowest BCUT2D eigenvalue weighted by Crippen LogP contribution is -2.43. The lowest BCUT2D eigenvalue weighted by atomic mass is 10.1. The molecule has 1 heterocycles. The van der Waals surface area contributed by atoms with Crippen LogP contribution in [0.2, 0.25) is 0 Å². The molecule has 3 aromatic rings. The Bertz CT molecular complexity index is 1140. The van der Waals surface area contributed by atoms with Gasteiger partial charge in [-0.15, -0.1) is 0 Å². The minimum Gasteiger partial charge on any atom is -0.454 e. The molecule has 0 bridgehead atoms. The maximum Gasteiger partial charge on any atom is 0.329 e. The van der Waals surface area contributed by atoms with Gasteiger partial charge in [-0.05, 0) is 54.8 Å². The second kappa shape index (κ2) is 11.3. The number of carbonyl (C=O) groups excluding carboxylic acids is 3. The van der Waals surface area contributed by atoms with Crippen LogP contribution in [0.15, 0.2) is 88.7 Å². The Balaban J connectivity index is 1.47. The Morgan fingerprint density at radius 2 is 1.50 bits per heavy atom. The predicted octanol–water partition coefficient (Wildman–Crippen LogP) is 4.91. The molecule has 6 nitrogen and oxygen atoms in total. The molecule has 0 spiro atoms. The van der Waals surface area contributed by atoms with Crippen molar-refractivity contribution >= 4 is 52.7 Å². The summed E-state index contributed by atoms with van der Waals surface area (Å²) in [7, 11) is 0. The van der Waals surface area contributed by atoms with E-state index in [4.69, 9.17) is 4.74 Å². The average molecular weight is 493 g/mol. The summed E-state index contributed by atoms with van der Waals surface area (Å²) in [5.74, 6) is -0.676. The summed E-state index contributed by atoms with van der Waals surface area (Å²) in [5.41, 5.74) is 1.96. The second-order valence-corrected chi connectivity index (χ2v) is 9.62. The van der Waals surface area contributed by atoms with Gasteiger partial charge in [0, 0.05) is 15.4 Å². The Morgan fingerprint density at radius 3 is 2.12 bits per heavy atom. The van der Waals surface area contributed by atoms with Crippen LogP contribution in [0.5, 0.6) is 0 Å². The predicted molar refractivity (Wildman–Crippen MR) is 136 cm³/mol. The van der Waals surface area contributed by atoms with E-state index in [0.29, 0.717) is 17.7 Å². The van der Waals surface area contributed by atoms with Crippen molar-refractivity contribution in [3.63, 3.8) is 0 Å². The fraction of sp³-hybridized carbons (Fsp3) is 0.192. The van der Waals surface area contributed by atoms with Crippen LogP contribution in [0, 0.1) is 0 Å². The van der Waals surface area contributed by atoms with Gasteiger partial charge < -0.3 is 10.1 Å². The highest BCUT2D eigenvalue weighted by Gasteiger charge is 2.30. The highest BCUT2D eigenvalue weighted by molar-refractivity contribution is 7.99. The summed E-state index contributed by atoms with van der Waals surface area (Å²) in [6, 6.07) is 23.1.